The second-order valence-corrected chi connectivity index (χ2v) is 5.16. The van der Waals surface area contributed by atoms with E-state index in [2.05, 4.69) is 51.2 Å². The fourth-order valence-electron chi connectivity index (χ4n) is 2.06. The van der Waals surface area contributed by atoms with Gasteiger partial charge in [0, 0.05) is 16.9 Å². The summed E-state index contributed by atoms with van der Waals surface area (Å²) >= 11 is 3.43. The number of halogens is 1. The lowest BCUT2D eigenvalue weighted by Crippen LogP contribution is -1.95. The van der Waals surface area contributed by atoms with E-state index in [-0.39, 0.29) is 0 Å². The lowest BCUT2D eigenvalue weighted by atomic mass is 10.1. The topological polar surface area (TPSA) is 22.1 Å². The van der Waals surface area contributed by atoms with Gasteiger partial charge < -0.3 is 4.74 Å². The SMILES string of the molecule is BrCc1ccc(OCc2ccc3ncccc3c2)cc1. The number of nitrogens with zero attached hydrogens (tertiary/aromatic N) is 1. The predicted molar refractivity (Wildman–Crippen MR) is 85.1 cm³/mol. The van der Waals surface area contributed by atoms with Gasteiger partial charge in [-0.15, -0.1) is 0 Å². The van der Waals surface area contributed by atoms with E-state index in [1.54, 1.807) is 0 Å². The van der Waals surface area contributed by atoms with E-state index in [1.165, 1.54) is 5.56 Å². The Balaban J connectivity index is 1.72. The first kappa shape index (κ1) is 13.1. The molecule has 0 unspecified atom stereocenters. The summed E-state index contributed by atoms with van der Waals surface area (Å²) in [7, 11) is 0. The molecule has 2 nitrogen and oxygen atoms in total. The molecule has 0 fully saturated rings. The molecular weight excluding hydrogens is 314 g/mol. The molecule has 3 aromatic rings. The third-order valence-corrected chi connectivity index (χ3v) is 3.80. The van der Waals surface area contributed by atoms with Crippen LogP contribution in [0.4, 0.5) is 0 Å². The molecule has 0 spiro atoms. The summed E-state index contributed by atoms with van der Waals surface area (Å²) in [5.41, 5.74) is 3.40. The van der Waals surface area contributed by atoms with E-state index in [4.69, 9.17) is 4.74 Å². The molecular formula is C17H14BrNO. The second kappa shape index (κ2) is 6.06. The van der Waals surface area contributed by atoms with Crippen molar-refractivity contribution in [2.75, 3.05) is 0 Å². The Morgan fingerprint density at radius 3 is 2.55 bits per heavy atom. The Kier molecular flexibility index (Phi) is 3.97. The highest BCUT2D eigenvalue weighted by Gasteiger charge is 1.99. The van der Waals surface area contributed by atoms with Gasteiger partial charge in [-0.2, -0.15) is 0 Å². The number of hydrogen-bond acceptors (Lipinski definition) is 2. The smallest absolute Gasteiger partial charge is 0.119 e. The van der Waals surface area contributed by atoms with E-state index in [9.17, 15) is 0 Å². The predicted octanol–water partition coefficient (Wildman–Crippen LogP) is 4.71. The zero-order valence-electron chi connectivity index (χ0n) is 10.9. The summed E-state index contributed by atoms with van der Waals surface area (Å²) in [6, 6.07) is 18.4. The zero-order chi connectivity index (χ0) is 13.8. The van der Waals surface area contributed by atoms with Crippen LogP contribution in [0.25, 0.3) is 10.9 Å². The quantitative estimate of drug-likeness (QED) is 0.647. The van der Waals surface area contributed by atoms with Crippen LogP contribution < -0.4 is 4.74 Å². The van der Waals surface area contributed by atoms with Gasteiger partial charge in [0.05, 0.1) is 5.52 Å². The number of fused-ring (bicyclic) bond motifs is 1. The average Bonchev–Trinajstić information content (AvgIpc) is 2.53. The van der Waals surface area contributed by atoms with Crippen LogP contribution in [0.5, 0.6) is 5.75 Å². The minimum absolute atomic E-state index is 0.568. The number of rotatable bonds is 4. The Labute approximate surface area is 126 Å². The third kappa shape index (κ3) is 2.99. The van der Waals surface area contributed by atoms with Crippen molar-refractivity contribution in [1.29, 1.82) is 0 Å². The van der Waals surface area contributed by atoms with Gasteiger partial charge in [0.15, 0.2) is 0 Å². The summed E-state index contributed by atoms with van der Waals surface area (Å²) in [5, 5.41) is 2.01. The van der Waals surface area contributed by atoms with E-state index in [0.29, 0.717) is 6.61 Å². The molecule has 1 heterocycles. The van der Waals surface area contributed by atoms with Crippen molar-refractivity contribution in [2.24, 2.45) is 0 Å². The highest BCUT2D eigenvalue weighted by Crippen LogP contribution is 2.18. The van der Waals surface area contributed by atoms with Crippen LogP contribution in [-0.4, -0.2) is 4.98 Å². The lowest BCUT2D eigenvalue weighted by molar-refractivity contribution is 0.306. The molecule has 3 rings (SSSR count). The Hall–Kier alpha value is -1.87. The maximum Gasteiger partial charge on any atom is 0.119 e. The number of alkyl halides is 1. The van der Waals surface area contributed by atoms with Gasteiger partial charge >= 0.3 is 0 Å². The van der Waals surface area contributed by atoms with Gasteiger partial charge in [-0.05, 0) is 41.5 Å². The van der Waals surface area contributed by atoms with Gasteiger partial charge in [-0.3, -0.25) is 4.98 Å². The molecule has 0 aliphatic carbocycles. The first-order chi connectivity index (χ1) is 9.85. The van der Waals surface area contributed by atoms with Crippen LogP contribution in [0.2, 0.25) is 0 Å². The summed E-state index contributed by atoms with van der Waals surface area (Å²) in [4.78, 5) is 4.31. The minimum Gasteiger partial charge on any atom is -0.489 e. The summed E-state index contributed by atoms with van der Waals surface area (Å²) in [6.45, 7) is 0.568. The number of hydrogen-bond donors (Lipinski definition) is 0. The van der Waals surface area contributed by atoms with Crippen molar-refractivity contribution >= 4 is 26.8 Å². The van der Waals surface area contributed by atoms with Crippen LogP contribution in [-0.2, 0) is 11.9 Å². The Bertz CT molecular complexity index is 710. The number of aromatic nitrogens is 1. The van der Waals surface area contributed by atoms with Gasteiger partial charge in [-0.25, -0.2) is 0 Å². The van der Waals surface area contributed by atoms with Gasteiger partial charge in [0.2, 0.25) is 0 Å². The molecule has 1 aromatic heterocycles. The van der Waals surface area contributed by atoms with Crippen molar-refractivity contribution < 1.29 is 4.74 Å². The number of ether oxygens (including phenoxy) is 1. The highest BCUT2D eigenvalue weighted by molar-refractivity contribution is 9.08. The van der Waals surface area contributed by atoms with Crippen LogP contribution in [0.15, 0.2) is 60.8 Å². The maximum atomic E-state index is 5.80. The van der Waals surface area contributed by atoms with Crippen LogP contribution >= 0.6 is 15.9 Å². The molecule has 0 aliphatic heterocycles. The fourth-order valence-corrected chi connectivity index (χ4v) is 2.43. The summed E-state index contributed by atoms with van der Waals surface area (Å²) in [6.07, 6.45) is 1.81. The van der Waals surface area contributed by atoms with E-state index in [0.717, 1.165) is 27.5 Å². The van der Waals surface area contributed by atoms with Gasteiger partial charge in [-0.1, -0.05) is 40.2 Å². The van der Waals surface area contributed by atoms with E-state index in [1.807, 2.05) is 30.5 Å². The lowest BCUT2D eigenvalue weighted by Gasteiger charge is -2.07. The fraction of sp³-hybridized carbons (Fsp3) is 0.118. The average molecular weight is 328 g/mol. The maximum absolute atomic E-state index is 5.80. The largest absolute Gasteiger partial charge is 0.489 e. The van der Waals surface area contributed by atoms with Gasteiger partial charge in [0.1, 0.15) is 12.4 Å². The van der Waals surface area contributed by atoms with Crippen molar-refractivity contribution in [3.8, 4) is 5.75 Å². The van der Waals surface area contributed by atoms with Crippen molar-refractivity contribution in [1.82, 2.24) is 4.98 Å². The Morgan fingerprint density at radius 1 is 0.950 bits per heavy atom. The molecule has 0 atom stereocenters. The van der Waals surface area contributed by atoms with Crippen molar-refractivity contribution in [3.05, 3.63) is 71.9 Å². The summed E-state index contributed by atoms with van der Waals surface area (Å²) in [5.74, 6) is 0.890. The number of pyridine rings is 1. The first-order valence-corrected chi connectivity index (χ1v) is 7.59. The zero-order valence-corrected chi connectivity index (χ0v) is 12.5. The minimum atomic E-state index is 0.568. The normalized spacial score (nSPS) is 10.7. The third-order valence-electron chi connectivity index (χ3n) is 3.15. The van der Waals surface area contributed by atoms with Crippen molar-refractivity contribution in [2.45, 2.75) is 11.9 Å². The standard InChI is InChI=1S/C17H14BrNO/c18-11-13-3-6-16(7-4-13)20-12-14-5-8-17-15(10-14)2-1-9-19-17/h1-10H,11-12H2. The molecule has 0 amide bonds. The monoisotopic (exact) mass is 327 g/mol. The molecule has 0 aliphatic rings. The van der Waals surface area contributed by atoms with Gasteiger partial charge in [0.25, 0.3) is 0 Å². The molecule has 0 saturated heterocycles. The molecule has 3 heteroatoms. The number of benzene rings is 2. The van der Waals surface area contributed by atoms with Crippen LogP contribution in [0.3, 0.4) is 0 Å². The molecule has 100 valence electrons. The molecule has 0 N–H and O–H groups in total. The van der Waals surface area contributed by atoms with Crippen LogP contribution in [0, 0.1) is 0 Å². The summed E-state index contributed by atoms with van der Waals surface area (Å²) < 4.78 is 5.80. The highest BCUT2D eigenvalue weighted by atomic mass is 79.9. The Morgan fingerprint density at radius 2 is 1.75 bits per heavy atom. The molecule has 0 bridgehead atoms. The second-order valence-electron chi connectivity index (χ2n) is 4.60. The van der Waals surface area contributed by atoms with Crippen LogP contribution in [0.1, 0.15) is 11.1 Å². The first-order valence-electron chi connectivity index (χ1n) is 6.46. The molecule has 20 heavy (non-hydrogen) atoms. The van der Waals surface area contributed by atoms with E-state index < -0.39 is 0 Å². The van der Waals surface area contributed by atoms with Crippen molar-refractivity contribution in [3.63, 3.8) is 0 Å². The molecule has 0 radical (unpaired) electrons. The molecule has 2 aromatic carbocycles. The van der Waals surface area contributed by atoms with E-state index >= 15 is 0 Å². The molecule has 0 saturated carbocycles.